The molecule has 0 aromatic carbocycles. The average molecular weight is 186 g/mol. The fourth-order valence-electron chi connectivity index (χ4n) is 2.72. The van der Waals surface area contributed by atoms with Crippen LogP contribution in [0.15, 0.2) is 0 Å². The van der Waals surface area contributed by atoms with Crippen LogP contribution in [-0.4, -0.2) is 56.9 Å². The topological polar surface area (TPSA) is 0 Å². The van der Waals surface area contributed by atoms with E-state index in [1.807, 2.05) is 0 Å². The molecule has 0 aliphatic carbocycles. The Bertz CT molecular complexity index is 179. The lowest BCUT2D eigenvalue weighted by molar-refractivity contribution is -1.10. The van der Waals surface area contributed by atoms with Crippen LogP contribution in [0.1, 0.15) is 19.8 Å². The van der Waals surface area contributed by atoms with Gasteiger partial charge in [0.1, 0.15) is 0 Å². The third kappa shape index (κ3) is 2.44. The lowest BCUT2D eigenvalue weighted by Gasteiger charge is -2.48. The Hall–Kier alpha value is -0.0800. The Morgan fingerprint density at radius 2 is 1.69 bits per heavy atom. The zero-order chi connectivity index (χ0) is 10.3. The minimum absolute atomic E-state index is 0.767. The van der Waals surface area contributed by atoms with Gasteiger partial charge in [0.15, 0.2) is 0 Å². The number of hydrogen-bond donors (Lipinski definition) is 0. The van der Waals surface area contributed by atoms with Crippen LogP contribution >= 0.6 is 0 Å². The molecule has 0 radical (unpaired) electrons. The third-order valence-corrected chi connectivity index (χ3v) is 3.51. The van der Waals surface area contributed by atoms with E-state index in [0.717, 1.165) is 16.6 Å². The van der Waals surface area contributed by atoms with E-state index in [-0.39, 0.29) is 0 Å². The number of likely N-dealkylation sites (tertiary alicyclic amines) is 1. The zero-order valence-electron chi connectivity index (χ0n) is 10.2. The highest BCUT2D eigenvalue weighted by Gasteiger charge is 2.42. The highest BCUT2D eigenvalue weighted by atomic mass is 15.5. The fraction of sp³-hybridized carbons (Fsp3) is 1.00. The van der Waals surface area contributed by atoms with Crippen LogP contribution in [-0.2, 0) is 0 Å². The van der Waals surface area contributed by atoms with E-state index >= 15 is 0 Å². The van der Waals surface area contributed by atoms with Crippen LogP contribution in [0.4, 0.5) is 0 Å². The second kappa shape index (κ2) is 3.25. The molecule has 2 atom stereocenters. The maximum absolute atomic E-state index is 2.39. The summed E-state index contributed by atoms with van der Waals surface area (Å²) in [6.07, 6.45) is 3.53. The van der Waals surface area contributed by atoms with Crippen molar-refractivity contribution in [2.24, 2.45) is 5.92 Å². The van der Waals surface area contributed by atoms with Gasteiger partial charge in [0.25, 0.3) is 0 Å². The smallest absolute Gasteiger partial charge is 0.215 e. The van der Waals surface area contributed by atoms with Crippen molar-refractivity contribution < 1.29 is 8.97 Å². The Morgan fingerprint density at radius 1 is 1.15 bits per heavy atom. The van der Waals surface area contributed by atoms with Crippen molar-refractivity contribution in [3.8, 4) is 0 Å². The minimum Gasteiger partial charge on any atom is -0.282 e. The molecule has 0 amide bonds. The molecule has 0 aromatic rings. The second-order valence-corrected chi connectivity index (χ2v) is 6.23. The Labute approximate surface area is 83.3 Å². The molecule has 1 rings (SSSR count). The molecule has 0 aromatic heterocycles. The van der Waals surface area contributed by atoms with Crippen molar-refractivity contribution >= 4 is 0 Å². The maximum Gasteiger partial charge on any atom is 0.215 e. The van der Waals surface area contributed by atoms with E-state index in [4.69, 9.17) is 0 Å². The molecular formula is C11H26N2+2. The normalized spacial score (nSPS) is 34.6. The van der Waals surface area contributed by atoms with E-state index in [2.05, 4.69) is 42.2 Å². The highest BCUT2D eigenvalue weighted by molar-refractivity contribution is 4.62. The van der Waals surface area contributed by atoms with Gasteiger partial charge in [0.05, 0.1) is 48.2 Å². The average Bonchev–Trinajstić information content (AvgIpc) is 1.92. The van der Waals surface area contributed by atoms with Gasteiger partial charge in [-0.2, -0.15) is 0 Å². The number of hydrogen-bond acceptors (Lipinski definition) is 0. The highest BCUT2D eigenvalue weighted by Crippen LogP contribution is 2.29. The SMILES string of the molecule is CC1CC[N+](C)(C)C([N+](C)(C)C)C1. The summed E-state index contributed by atoms with van der Waals surface area (Å²) >= 11 is 0. The lowest BCUT2D eigenvalue weighted by Crippen LogP contribution is -2.65. The quantitative estimate of drug-likeness (QED) is 0.545. The Kier molecular flexibility index (Phi) is 2.75. The molecule has 1 saturated heterocycles. The number of quaternary nitrogens is 2. The largest absolute Gasteiger partial charge is 0.282 e. The van der Waals surface area contributed by atoms with Crippen molar-refractivity contribution in [1.29, 1.82) is 0 Å². The van der Waals surface area contributed by atoms with Crippen molar-refractivity contribution in [3.63, 3.8) is 0 Å². The number of nitrogens with zero attached hydrogens (tertiary/aromatic N) is 2. The zero-order valence-corrected chi connectivity index (χ0v) is 10.2. The summed E-state index contributed by atoms with van der Waals surface area (Å²) in [7, 11) is 11.7. The number of rotatable bonds is 1. The summed E-state index contributed by atoms with van der Waals surface area (Å²) in [6, 6.07) is 0. The summed E-state index contributed by atoms with van der Waals surface area (Å²) < 4.78 is 2.28. The first-order valence-electron chi connectivity index (χ1n) is 5.37. The van der Waals surface area contributed by atoms with Crippen molar-refractivity contribution in [1.82, 2.24) is 0 Å². The van der Waals surface area contributed by atoms with E-state index in [0.29, 0.717) is 0 Å². The predicted octanol–water partition coefficient (Wildman–Crippen LogP) is 1.52. The summed E-state index contributed by atoms with van der Waals surface area (Å²) in [5.74, 6) is 0.911. The maximum atomic E-state index is 2.39. The van der Waals surface area contributed by atoms with Gasteiger partial charge in [-0.1, -0.05) is 6.92 Å². The van der Waals surface area contributed by atoms with Crippen LogP contribution in [0.2, 0.25) is 0 Å². The predicted molar refractivity (Wildman–Crippen MR) is 57.2 cm³/mol. The molecule has 1 aliphatic heterocycles. The molecule has 2 heteroatoms. The molecule has 0 N–H and O–H groups in total. The molecule has 0 spiro atoms. The first-order chi connectivity index (χ1) is 5.73. The molecule has 13 heavy (non-hydrogen) atoms. The van der Waals surface area contributed by atoms with Crippen LogP contribution in [0.3, 0.4) is 0 Å². The second-order valence-electron chi connectivity index (χ2n) is 6.23. The molecule has 0 bridgehead atoms. The van der Waals surface area contributed by atoms with Gasteiger partial charge in [-0.25, -0.2) is 0 Å². The molecule has 2 nitrogen and oxygen atoms in total. The first kappa shape index (κ1) is 11.0. The molecule has 1 fully saturated rings. The monoisotopic (exact) mass is 186 g/mol. The molecule has 0 saturated carbocycles. The molecule has 2 unspecified atom stereocenters. The first-order valence-corrected chi connectivity index (χ1v) is 5.37. The fourth-order valence-corrected chi connectivity index (χ4v) is 2.72. The van der Waals surface area contributed by atoms with Crippen LogP contribution < -0.4 is 0 Å². The van der Waals surface area contributed by atoms with Crippen LogP contribution in [0.5, 0.6) is 0 Å². The Balaban J connectivity index is 2.78. The van der Waals surface area contributed by atoms with E-state index in [1.165, 1.54) is 23.9 Å². The summed E-state index contributed by atoms with van der Waals surface area (Å²) in [4.78, 5) is 0. The van der Waals surface area contributed by atoms with Gasteiger partial charge in [0.2, 0.25) is 6.17 Å². The summed E-state index contributed by atoms with van der Waals surface area (Å²) in [5.41, 5.74) is 0. The van der Waals surface area contributed by atoms with Crippen LogP contribution in [0.25, 0.3) is 0 Å². The Morgan fingerprint density at radius 3 is 2.08 bits per heavy atom. The molecular weight excluding hydrogens is 160 g/mol. The van der Waals surface area contributed by atoms with Gasteiger partial charge in [-0.3, -0.25) is 8.97 Å². The van der Waals surface area contributed by atoms with Gasteiger partial charge in [-0.15, -0.1) is 0 Å². The van der Waals surface area contributed by atoms with Crippen LogP contribution in [0, 0.1) is 5.92 Å². The molecule has 78 valence electrons. The van der Waals surface area contributed by atoms with Gasteiger partial charge < -0.3 is 0 Å². The minimum atomic E-state index is 0.767. The van der Waals surface area contributed by atoms with Crippen molar-refractivity contribution in [3.05, 3.63) is 0 Å². The standard InChI is InChI=1S/C11H26N2/c1-10-7-8-13(5,6)11(9-10)12(2,3)4/h10-11H,7-9H2,1-6H3/q+2. The summed E-state index contributed by atoms with van der Waals surface area (Å²) in [5, 5.41) is 0. The number of piperidine rings is 1. The van der Waals surface area contributed by atoms with Crippen molar-refractivity contribution in [2.45, 2.75) is 25.9 Å². The van der Waals surface area contributed by atoms with Gasteiger partial charge >= 0.3 is 0 Å². The molecule has 1 aliphatic rings. The summed E-state index contributed by atoms with van der Waals surface area (Å²) in [6.45, 7) is 3.73. The van der Waals surface area contributed by atoms with E-state index in [9.17, 15) is 0 Å². The third-order valence-electron chi connectivity index (χ3n) is 3.51. The van der Waals surface area contributed by atoms with E-state index < -0.39 is 0 Å². The van der Waals surface area contributed by atoms with Gasteiger partial charge in [-0.05, 0) is 12.3 Å². The molecule has 1 heterocycles. The van der Waals surface area contributed by atoms with Gasteiger partial charge in [0, 0.05) is 0 Å². The lowest BCUT2D eigenvalue weighted by atomic mass is 9.94. The van der Waals surface area contributed by atoms with E-state index in [1.54, 1.807) is 0 Å². The van der Waals surface area contributed by atoms with Crippen molar-refractivity contribution in [2.75, 3.05) is 41.8 Å².